The number of nitrogens with zero attached hydrogens (tertiary/aromatic N) is 5. The van der Waals surface area contributed by atoms with Crippen LogP contribution in [0.25, 0.3) is 11.2 Å². The molecule has 0 spiro atoms. The molecule has 0 saturated carbocycles. The van der Waals surface area contributed by atoms with Crippen LogP contribution in [0.5, 0.6) is 11.5 Å². The summed E-state index contributed by atoms with van der Waals surface area (Å²) >= 11 is 0.561. The molecule has 59 heavy (non-hydrogen) atoms. The third-order valence-electron chi connectivity index (χ3n) is 9.25. The lowest BCUT2D eigenvalue weighted by atomic mass is 10.1. The number of hydrogen-bond acceptors (Lipinski definition) is 18. The summed E-state index contributed by atoms with van der Waals surface area (Å²) in [6.07, 6.45) is -11.9. The zero-order valence-corrected chi connectivity index (χ0v) is 32.4. The molecule has 3 saturated heterocycles. The van der Waals surface area contributed by atoms with Crippen LogP contribution >= 0.6 is 26.0 Å². The number of nitrogens with one attached hydrogen (secondary N) is 1. The predicted octanol–water partition coefficient (Wildman–Crippen LogP) is 3.31. The zero-order valence-electron chi connectivity index (χ0n) is 29.8. The van der Waals surface area contributed by atoms with E-state index in [0.29, 0.717) is 21.5 Å². The van der Waals surface area contributed by atoms with Gasteiger partial charge in [0.2, 0.25) is 0 Å². The number of aromatic amines is 1. The van der Waals surface area contributed by atoms with E-state index in [9.17, 15) is 33.5 Å². The van der Waals surface area contributed by atoms with E-state index < -0.39 is 94.3 Å². The van der Waals surface area contributed by atoms with Crippen molar-refractivity contribution in [3.05, 3.63) is 105 Å². The largest absolute Gasteiger partial charge is 0.508 e. The van der Waals surface area contributed by atoms with Gasteiger partial charge in [0.05, 0.1) is 25.1 Å². The number of carbonyl (C=O) groups is 1. The van der Waals surface area contributed by atoms with Crippen molar-refractivity contribution in [3.8, 4) is 11.5 Å². The summed E-state index contributed by atoms with van der Waals surface area (Å²) in [7, 11) is -5.31. The minimum atomic E-state index is -5.31. The van der Waals surface area contributed by atoms with Crippen molar-refractivity contribution in [1.29, 1.82) is 0 Å². The van der Waals surface area contributed by atoms with Gasteiger partial charge in [0.25, 0.3) is 5.56 Å². The van der Waals surface area contributed by atoms with Crippen LogP contribution in [-0.2, 0) is 42.5 Å². The Balaban J connectivity index is 1.08. The van der Waals surface area contributed by atoms with E-state index in [1.165, 1.54) is 48.5 Å². The van der Waals surface area contributed by atoms with Gasteiger partial charge in [-0.3, -0.25) is 37.0 Å². The summed E-state index contributed by atoms with van der Waals surface area (Å²) in [6, 6.07) is 12.3. The van der Waals surface area contributed by atoms with Gasteiger partial charge in [-0.2, -0.15) is 0 Å². The molecule has 0 radical (unpaired) electrons. The van der Waals surface area contributed by atoms with Crippen LogP contribution in [0.15, 0.2) is 83.0 Å². The second kappa shape index (κ2) is 16.3. The van der Waals surface area contributed by atoms with Gasteiger partial charge >= 0.3 is 26.3 Å². The number of anilines is 1. The lowest BCUT2D eigenvalue weighted by Crippen LogP contribution is -2.37. The van der Waals surface area contributed by atoms with Crippen molar-refractivity contribution >= 4 is 49.0 Å². The van der Waals surface area contributed by atoms with Crippen molar-refractivity contribution in [1.82, 2.24) is 29.1 Å². The highest BCUT2D eigenvalue weighted by atomic mass is 32.7. The number of imidazole rings is 1. The fourth-order valence-corrected chi connectivity index (χ4v) is 10.7. The topological polar surface area (TPSA) is 281 Å². The molecular weight excluding hydrogens is 850 g/mol. The van der Waals surface area contributed by atoms with Crippen molar-refractivity contribution in [2.45, 2.75) is 55.0 Å². The number of benzene rings is 2. The SMILES string of the molecule is Nc1ncnc2c1ncn2C1O[C@@H]2COP(=O)(O)O[C@@H]3[C@H](F)[C@@H](CO[P@@](=O)(SCc4ccc(OC(=O)c5ccc(O)cc5)cc4)O[C@H]2C1F)O[C@H]3n1ccc(=O)[nH]c1=O. The van der Waals surface area contributed by atoms with Gasteiger partial charge in [-0.05, 0) is 53.3 Å². The van der Waals surface area contributed by atoms with Crippen LogP contribution in [-0.4, -0.2) is 95.0 Å². The Morgan fingerprint density at radius 1 is 0.915 bits per heavy atom. The van der Waals surface area contributed by atoms with E-state index in [1.807, 2.05) is 4.98 Å². The summed E-state index contributed by atoms with van der Waals surface area (Å²) in [6.45, 7) is -6.50. The third kappa shape index (κ3) is 8.59. The number of phosphoric acid groups is 1. The number of ether oxygens (including phenoxy) is 3. The number of hydrogen-bond donors (Lipinski definition) is 4. The second-order valence-corrected chi connectivity index (χ2v) is 18.6. The summed E-state index contributed by atoms with van der Waals surface area (Å²) in [5.41, 5.74) is 4.85. The second-order valence-electron chi connectivity index (χ2n) is 13.1. The molecule has 2 aromatic carbocycles. The molecule has 312 valence electrons. The number of carbonyl (C=O) groups excluding carboxylic acids is 1. The zero-order chi connectivity index (χ0) is 41.6. The fraction of sp³-hybridized carbons (Fsp3) is 0.333. The first kappa shape index (κ1) is 40.9. The van der Waals surface area contributed by atoms with E-state index >= 15 is 8.78 Å². The molecule has 3 unspecified atom stereocenters. The number of phosphoric ester groups is 1. The van der Waals surface area contributed by atoms with Gasteiger partial charge in [0.1, 0.15) is 47.8 Å². The van der Waals surface area contributed by atoms with Gasteiger partial charge in [-0.25, -0.2) is 42.5 Å². The van der Waals surface area contributed by atoms with Crippen LogP contribution in [0.4, 0.5) is 14.6 Å². The number of rotatable bonds is 7. The molecule has 21 nitrogen and oxygen atoms in total. The highest BCUT2D eigenvalue weighted by Gasteiger charge is 2.55. The van der Waals surface area contributed by atoms with Crippen molar-refractivity contribution in [2.75, 3.05) is 18.9 Å². The number of nitrogens with two attached hydrogens (primary N) is 1. The molecule has 5 aromatic rings. The Hall–Kier alpha value is -4.87. The number of aromatic nitrogens is 6. The molecule has 3 aromatic heterocycles. The first-order valence-electron chi connectivity index (χ1n) is 17.3. The minimum Gasteiger partial charge on any atom is -0.508 e. The maximum atomic E-state index is 16.7. The monoisotopic (exact) mass is 881 g/mol. The van der Waals surface area contributed by atoms with E-state index in [-0.39, 0.29) is 39.8 Å². The summed E-state index contributed by atoms with van der Waals surface area (Å²) in [5.74, 6) is -0.746. The van der Waals surface area contributed by atoms with Crippen LogP contribution in [0, 0.1) is 0 Å². The fourth-order valence-electron chi connectivity index (χ4n) is 6.36. The van der Waals surface area contributed by atoms with Crippen LogP contribution < -0.4 is 21.7 Å². The van der Waals surface area contributed by atoms with Gasteiger partial charge in [0.15, 0.2) is 36.3 Å². The third-order valence-corrected chi connectivity index (χ3v) is 13.9. The number of alkyl halides is 2. The van der Waals surface area contributed by atoms with Gasteiger partial charge < -0.3 is 29.9 Å². The van der Waals surface area contributed by atoms with Crippen LogP contribution in [0.1, 0.15) is 28.4 Å². The first-order valence-corrected chi connectivity index (χ1v) is 22.0. The van der Waals surface area contributed by atoms with E-state index in [1.54, 1.807) is 0 Å². The molecule has 3 fully saturated rings. The summed E-state index contributed by atoms with van der Waals surface area (Å²) in [5, 5.41) is 9.49. The molecule has 5 N–H and O–H groups in total. The molecule has 2 bridgehead atoms. The van der Waals surface area contributed by atoms with Crippen molar-refractivity contribution in [2.24, 2.45) is 0 Å². The van der Waals surface area contributed by atoms with Crippen LogP contribution in [0.3, 0.4) is 0 Å². The molecule has 3 aliphatic rings. The normalized spacial score (nSPS) is 31.2. The number of halogens is 2. The Bertz CT molecular complexity index is 2590. The van der Waals surface area contributed by atoms with Crippen molar-refractivity contribution < 1.29 is 65.0 Å². The Labute approximate surface area is 333 Å². The Morgan fingerprint density at radius 2 is 1.64 bits per heavy atom. The van der Waals surface area contributed by atoms with Gasteiger partial charge in [-0.15, -0.1) is 0 Å². The molecule has 0 aliphatic carbocycles. The molecular formula is C33H31F2N7O14P2S. The molecule has 3 aliphatic heterocycles. The lowest BCUT2D eigenvalue weighted by Gasteiger charge is -2.27. The quantitative estimate of drug-likeness (QED) is 0.104. The van der Waals surface area contributed by atoms with Crippen LogP contribution in [0.2, 0.25) is 0 Å². The standard InChI is InChI=1S/C33H31F2N7O14P2S/c34-23-20-11-51-58(49,59-13-16-1-7-19(8-2-16)52-32(45)17-3-5-18(43)6-4-17)56-26-21(54-30(24(26)35)42-15-39-25-28(36)37-14-38-29(25)42)12-50-57(47,48)55-27(23)31(53-20)41-10-9-22(44)40-33(41)46/h1-10,14-15,20-21,23-24,26-27,30-31,43H,11-13H2,(H,47,48)(H2,36,37,38)(H,40,44,46)/t20-,21-,23-,24?,26-,27-,30?,31-,58-/m1/s1. The minimum absolute atomic E-state index is 0.0223. The van der Waals surface area contributed by atoms with E-state index in [0.717, 1.165) is 29.5 Å². The number of fused-ring (bicyclic) bond motifs is 4. The number of esters is 1. The van der Waals surface area contributed by atoms with Gasteiger partial charge in [0, 0.05) is 18.0 Å². The van der Waals surface area contributed by atoms with Gasteiger partial charge in [-0.1, -0.05) is 12.1 Å². The predicted molar refractivity (Wildman–Crippen MR) is 199 cm³/mol. The number of phenolic OH excluding ortho intramolecular Hbond substituents is 1. The molecule has 8 rings (SSSR count). The maximum absolute atomic E-state index is 16.7. The Kier molecular flexibility index (Phi) is 11.3. The number of aromatic hydroxyl groups is 1. The summed E-state index contributed by atoms with van der Waals surface area (Å²) < 4.78 is 102. The lowest BCUT2D eigenvalue weighted by molar-refractivity contribution is -0.0652. The average Bonchev–Trinajstić information content (AvgIpc) is 3.86. The number of H-pyrrole nitrogens is 1. The molecule has 0 amide bonds. The smallest absolute Gasteiger partial charge is 0.472 e. The Morgan fingerprint density at radius 3 is 2.39 bits per heavy atom. The molecule has 26 heteroatoms. The van der Waals surface area contributed by atoms with Crippen molar-refractivity contribution in [3.63, 3.8) is 0 Å². The first-order chi connectivity index (χ1) is 28.2. The number of nitrogen functional groups attached to an aromatic ring is 1. The highest BCUT2D eigenvalue weighted by molar-refractivity contribution is 8.54. The molecule has 6 heterocycles. The number of phenols is 1. The average molecular weight is 882 g/mol. The summed E-state index contributed by atoms with van der Waals surface area (Å²) in [4.78, 5) is 61.8. The van der Waals surface area contributed by atoms with E-state index in [2.05, 4.69) is 15.0 Å². The molecule has 10 atom stereocenters. The maximum Gasteiger partial charge on any atom is 0.472 e. The van der Waals surface area contributed by atoms with E-state index in [4.69, 9.17) is 38.0 Å². The highest BCUT2D eigenvalue weighted by Crippen LogP contribution is 2.65.